The summed E-state index contributed by atoms with van der Waals surface area (Å²) in [5.74, 6) is 0.207. The van der Waals surface area contributed by atoms with E-state index < -0.39 is 0 Å². The number of ether oxygens (including phenoxy) is 1. The van der Waals surface area contributed by atoms with Crippen LogP contribution in [0.4, 0.5) is 5.69 Å². The van der Waals surface area contributed by atoms with Crippen molar-refractivity contribution in [2.45, 2.75) is 31.8 Å². The minimum atomic E-state index is -0.231. The number of aromatic nitrogens is 1. The summed E-state index contributed by atoms with van der Waals surface area (Å²) in [7, 11) is 1.72. The van der Waals surface area contributed by atoms with Gasteiger partial charge in [0.15, 0.2) is 0 Å². The summed E-state index contributed by atoms with van der Waals surface area (Å²) < 4.78 is 7.27. The van der Waals surface area contributed by atoms with Gasteiger partial charge in [-0.1, -0.05) is 0 Å². The molecule has 3 saturated heterocycles. The van der Waals surface area contributed by atoms with Crippen LogP contribution in [0.2, 0.25) is 0 Å². The first kappa shape index (κ1) is 15.8. The van der Waals surface area contributed by atoms with Gasteiger partial charge >= 0.3 is 0 Å². The molecule has 3 aliphatic rings. The monoisotopic (exact) mass is 331 g/mol. The van der Waals surface area contributed by atoms with Gasteiger partial charge in [0.1, 0.15) is 0 Å². The first-order valence-electron chi connectivity index (χ1n) is 8.90. The van der Waals surface area contributed by atoms with Gasteiger partial charge in [0.25, 0.3) is 0 Å². The molecule has 0 N–H and O–H groups in total. The Morgan fingerprint density at radius 1 is 1.25 bits per heavy atom. The summed E-state index contributed by atoms with van der Waals surface area (Å²) >= 11 is 0. The lowest BCUT2D eigenvalue weighted by molar-refractivity contribution is -0.139. The van der Waals surface area contributed by atoms with Crippen molar-refractivity contribution in [2.24, 2.45) is 12.5 Å². The van der Waals surface area contributed by atoms with E-state index in [1.807, 2.05) is 4.90 Å². The molecule has 6 nitrogen and oxygen atoms in total. The molecule has 6 heteroatoms. The van der Waals surface area contributed by atoms with Crippen molar-refractivity contribution in [3.63, 3.8) is 0 Å². The topological polar surface area (TPSA) is 54.8 Å². The number of carbonyl (C=O) groups is 1. The number of hydrogen-bond acceptors (Lipinski definition) is 4. The minimum Gasteiger partial charge on any atom is -0.377 e. The molecule has 1 aromatic heterocycles. The second kappa shape index (κ2) is 6.01. The van der Waals surface area contributed by atoms with Crippen molar-refractivity contribution < 1.29 is 9.53 Å². The average molecular weight is 331 g/mol. The number of nitrogens with zero attached hydrogens (tertiary/aromatic N) is 3. The highest BCUT2D eigenvalue weighted by Crippen LogP contribution is 2.42. The fraction of sp³-hybridized carbons (Fsp3) is 0.667. The number of anilines is 1. The Morgan fingerprint density at radius 2 is 2.12 bits per heavy atom. The highest BCUT2D eigenvalue weighted by Gasteiger charge is 2.54. The smallest absolute Gasteiger partial charge is 0.250 e. The average Bonchev–Trinajstić information content (AvgIpc) is 3.08. The van der Waals surface area contributed by atoms with Gasteiger partial charge in [0.2, 0.25) is 11.5 Å². The van der Waals surface area contributed by atoms with E-state index in [0.717, 1.165) is 64.2 Å². The van der Waals surface area contributed by atoms with Gasteiger partial charge in [-0.05, 0) is 38.3 Å². The van der Waals surface area contributed by atoms with Crippen molar-refractivity contribution in [1.82, 2.24) is 9.47 Å². The van der Waals surface area contributed by atoms with E-state index in [1.54, 1.807) is 19.3 Å². The minimum absolute atomic E-state index is 0.0539. The van der Waals surface area contributed by atoms with Crippen LogP contribution in [0.5, 0.6) is 0 Å². The first-order chi connectivity index (χ1) is 11.6. The van der Waals surface area contributed by atoms with Crippen LogP contribution in [0.15, 0.2) is 23.1 Å². The highest BCUT2D eigenvalue weighted by atomic mass is 16.5. The van der Waals surface area contributed by atoms with Crippen LogP contribution in [0, 0.1) is 5.41 Å². The molecule has 4 rings (SSSR count). The molecule has 24 heavy (non-hydrogen) atoms. The fourth-order valence-electron chi connectivity index (χ4n) is 4.35. The third kappa shape index (κ3) is 2.67. The quantitative estimate of drug-likeness (QED) is 0.775. The SMILES string of the molecule is Cn1cc(N2C[C@@]3(CCCN(C[C@H]4CCCO4)C3)C2=O)ccc1=O. The number of β-lactam (4-membered cyclic amide) rings is 1. The number of likely N-dealkylation sites (tertiary alicyclic amines) is 1. The standard InChI is InChI=1S/C18H25N3O3/c1-19-10-14(5-6-16(19)22)21-13-18(17(21)23)7-3-8-20(12-18)11-15-4-2-9-24-15/h5-6,10,15H,2-4,7-9,11-13H2,1H3/t15-,18+/m1/s1. The second-order valence-electron chi connectivity index (χ2n) is 7.48. The lowest BCUT2D eigenvalue weighted by Crippen LogP contribution is -2.67. The molecule has 3 fully saturated rings. The molecular weight excluding hydrogens is 306 g/mol. The molecule has 2 atom stereocenters. The van der Waals surface area contributed by atoms with E-state index in [0.29, 0.717) is 6.10 Å². The zero-order valence-electron chi connectivity index (χ0n) is 14.2. The Kier molecular flexibility index (Phi) is 3.96. The molecule has 1 amide bonds. The van der Waals surface area contributed by atoms with Crippen LogP contribution in [0.3, 0.4) is 0 Å². The van der Waals surface area contributed by atoms with Crippen LogP contribution in [0.25, 0.3) is 0 Å². The number of pyridine rings is 1. The van der Waals surface area contributed by atoms with Crippen molar-refractivity contribution in [3.8, 4) is 0 Å². The number of hydrogen-bond donors (Lipinski definition) is 0. The molecule has 3 aliphatic heterocycles. The molecule has 1 aromatic rings. The fourth-order valence-corrected chi connectivity index (χ4v) is 4.35. The van der Waals surface area contributed by atoms with Crippen molar-refractivity contribution in [3.05, 3.63) is 28.7 Å². The molecule has 0 unspecified atom stereocenters. The molecule has 4 heterocycles. The second-order valence-corrected chi connectivity index (χ2v) is 7.48. The summed E-state index contributed by atoms with van der Waals surface area (Å²) in [4.78, 5) is 28.7. The number of aryl methyl sites for hydroxylation is 1. The molecule has 1 spiro atoms. The van der Waals surface area contributed by atoms with Gasteiger partial charge in [-0.2, -0.15) is 0 Å². The predicted octanol–water partition coefficient (Wildman–Crippen LogP) is 0.993. The van der Waals surface area contributed by atoms with Crippen molar-refractivity contribution in [2.75, 3.05) is 37.7 Å². The Labute approximate surface area is 142 Å². The zero-order valence-corrected chi connectivity index (χ0v) is 14.2. The molecule has 0 aromatic carbocycles. The van der Waals surface area contributed by atoms with Crippen LogP contribution in [0.1, 0.15) is 25.7 Å². The summed E-state index contributed by atoms with van der Waals surface area (Å²) in [6, 6.07) is 3.28. The van der Waals surface area contributed by atoms with Gasteiger partial charge in [-0.3, -0.25) is 14.5 Å². The Hall–Kier alpha value is -1.66. The Morgan fingerprint density at radius 3 is 2.83 bits per heavy atom. The van der Waals surface area contributed by atoms with Gasteiger partial charge in [0, 0.05) is 45.6 Å². The largest absolute Gasteiger partial charge is 0.377 e. The van der Waals surface area contributed by atoms with E-state index >= 15 is 0 Å². The molecular formula is C18H25N3O3. The molecule has 0 saturated carbocycles. The van der Waals surface area contributed by atoms with Gasteiger partial charge < -0.3 is 14.2 Å². The maximum absolute atomic E-state index is 12.9. The molecule has 130 valence electrons. The lowest BCUT2D eigenvalue weighted by atomic mass is 9.72. The first-order valence-corrected chi connectivity index (χ1v) is 8.90. The van der Waals surface area contributed by atoms with E-state index in [9.17, 15) is 9.59 Å². The highest BCUT2D eigenvalue weighted by molar-refractivity contribution is 6.04. The molecule has 0 bridgehead atoms. The maximum Gasteiger partial charge on any atom is 0.250 e. The van der Waals surface area contributed by atoms with Crippen molar-refractivity contribution >= 4 is 11.6 Å². The molecule has 0 radical (unpaired) electrons. The Balaban J connectivity index is 1.43. The van der Waals surface area contributed by atoms with Gasteiger partial charge in [-0.15, -0.1) is 0 Å². The van der Waals surface area contributed by atoms with Gasteiger partial charge in [-0.25, -0.2) is 0 Å². The van der Waals surface area contributed by atoms with Crippen LogP contribution in [-0.2, 0) is 16.6 Å². The third-order valence-corrected chi connectivity index (χ3v) is 5.68. The summed E-state index contributed by atoms with van der Waals surface area (Å²) in [6.07, 6.45) is 6.43. The molecule has 0 aliphatic carbocycles. The van der Waals surface area contributed by atoms with Crippen LogP contribution < -0.4 is 10.5 Å². The summed E-state index contributed by atoms with van der Waals surface area (Å²) in [5.41, 5.74) is 0.539. The van der Waals surface area contributed by atoms with Gasteiger partial charge in [0.05, 0.1) is 17.2 Å². The number of piperidine rings is 1. The number of amides is 1. The van der Waals surface area contributed by atoms with E-state index in [4.69, 9.17) is 4.74 Å². The normalized spacial score (nSPS) is 30.8. The lowest BCUT2D eigenvalue weighted by Gasteiger charge is -2.53. The van der Waals surface area contributed by atoms with Crippen LogP contribution >= 0.6 is 0 Å². The third-order valence-electron chi connectivity index (χ3n) is 5.68. The Bertz CT molecular complexity index is 695. The van der Waals surface area contributed by atoms with Crippen molar-refractivity contribution in [1.29, 1.82) is 0 Å². The number of carbonyl (C=O) groups excluding carboxylic acids is 1. The number of rotatable bonds is 3. The summed E-state index contributed by atoms with van der Waals surface area (Å²) in [6.45, 7) is 4.49. The summed E-state index contributed by atoms with van der Waals surface area (Å²) in [5, 5.41) is 0. The van der Waals surface area contributed by atoms with E-state index in [2.05, 4.69) is 4.90 Å². The van der Waals surface area contributed by atoms with E-state index in [1.165, 1.54) is 10.6 Å². The predicted molar refractivity (Wildman–Crippen MR) is 91.1 cm³/mol. The van der Waals surface area contributed by atoms with Crippen LogP contribution in [-0.4, -0.2) is 54.3 Å². The zero-order chi connectivity index (χ0) is 16.7. The maximum atomic E-state index is 12.9. The van der Waals surface area contributed by atoms with E-state index in [-0.39, 0.29) is 16.9 Å².